The van der Waals surface area contributed by atoms with Gasteiger partial charge in [0.05, 0.1) is 18.0 Å². The first-order valence-corrected chi connectivity index (χ1v) is 9.59. The lowest BCUT2D eigenvalue weighted by atomic mass is 10.1. The Hall–Kier alpha value is -3.45. The number of nitrogens with zero attached hydrogens (tertiary/aromatic N) is 2. The third-order valence-corrected chi connectivity index (χ3v) is 4.95. The molecule has 1 amide bonds. The summed E-state index contributed by atoms with van der Waals surface area (Å²) in [6.45, 7) is 0. The van der Waals surface area contributed by atoms with Gasteiger partial charge in [-0.15, -0.1) is 0 Å². The Morgan fingerprint density at radius 2 is 1.79 bits per heavy atom. The Kier molecular flexibility index (Phi) is 5.14. The van der Waals surface area contributed by atoms with Crippen LogP contribution in [0.15, 0.2) is 82.1 Å². The minimum Gasteiger partial charge on any atom is -0.497 e. The van der Waals surface area contributed by atoms with Gasteiger partial charge >= 0.3 is 0 Å². The molecule has 6 nitrogen and oxygen atoms in total. The van der Waals surface area contributed by atoms with Crippen molar-refractivity contribution in [3.63, 3.8) is 0 Å². The van der Waals surface area contributed by atoms with E-state index < -0.39 is 5.91 Å². The highest BCUT2D eigenvalue weighted by Crippen LogP contribution is 2.23. The molecule has 0 atom stereocenters. The number of methoxy groups -OCH3 is 1. The second-order valence-corrected chi connectivity index (χ2v) is 7.19. The molecule has 4 rings (SSSR count). The van der Waals surface area contributed by atoms with Gasteiger partial charge in [0.1, 0.15) is 5.75 Å². The summed E-state index contributed by atoms with van der Waals surface area (Å²) in [6, 6.07) is 21.1. The van der Waals surface area contributed by atoms with Gasteiger partial charge in [0.15, 0.2) is 5.82 Å². The summed E-state index contributed by atoms with van der Waals surface area (Å²) in [6.07, 6.45) is 0. The van der Waals surface area contributed by atoms with E-state index >= 15 is 0 Å². The normalized spacial score (nSPS) is 10.7. The molecule has 0 fully saturated rings. The molecular weight excluding hydrogens is 434 g/mol. The van der Waals surface area contributed by atoms with Crippen LogP contribution < -0.4 is 15.7 Å². The summed E-state index contributed by atoms with van der Waals surface area (Å²) >= 11 is 3.35. The van der Waals surface area contributed by atoms with E-state index in [0.717, 1.165) is 4.47 Å². The molecule has 0 spiro atoms. The van der Waals surface area contributed by atoms with E-state index in [4.69, 9.17) is 4.74 Å². The van der Waals surface area contributed by atoms with Crippen LogP contribution in [0.4, 0.5) is 0 Å². The van der Waals surface area contributed by atoms with Crippen molar-refractivity contribution in [1.82, 2.24) is 9.66 Å². The maximum atomic E-state index is 13.2. The van der Waals surface area contributed by atoms with Crippen molar-refractivity contribution in [2.75, 3.05) is 12.5 Å². The van der Waals surface area contributed by atoms with Gasteiger partial charge in [-0.25, -0.2) is 4.98 Å². The van der Waals surface area contributed by atoms with Crippen LogP contribution >= 0.6 is 15.9 Å². The molecule has 29 heavy (non-hydrogen) atoms. The average molecular weight is 450 g/mol. The molecule has 3 aromatic carbocycles. The molecule has 0 saturated carbocycles. The Morgan fingerprint density at radius 3 is 2.55 bits per heavy atom. The van der Waals surface area contributed by atoms with E-state index in [1.54, 1.807) is 73.8 Å². The SMILES string of the molecule is COc1cccc(-c2nc3ccccc3c(=O)n2NC(=O)c2ccc(Br)cc2)c1. The van der Waals surface area contributed by atoms with E-state index in [-0.39, 0.29) is 5.56 Å². The molecule has 7 heteroatoms. The number of ether oxygens (including phenoxy) is 1. The topological polar surface area (TPSA) is 73.2 Å². The van der Waals surface area contributed by atoms with Crippen LogP contribution in [0, 0.1) is 0 Å². The van der Waals surface area contributed by atoms with Gasteiger partial charge < -0.3 is 4.74 Å². The lowest BCUT2D eigenvalue weighted by Gasteiger charge is -2.15. The molecule has 0 bridgehead atoms. The number of amides is 1. The molecule has 1 N–H and O–H groups in total. The summed E-state index contributed by atoms with van der Waals surface area (Å²) in [5.74, 6) is 0.523. The fourth-order valence-corrected chi connectivity index (χ4v) is 3.22. The van der Waals surface area contributed by atoms with E-state index in [9.17, 15) is 9.59 Å². The summed E-state index contributed by atoms with van der Waals surface area (Å²) in [4.78, 5) is 30.6. The van der Waals surface area contributed by atoms with Crippen molar-refractivity contribution in [3.05, 3.63) is 93.2 Å². The number of hydrogen-bond acceptors (Lipinski definition) is 4. The molecule has 4 aromatic rings. The first kappa shape index (κ1) is 18.9. The number of fused-ring (bicyclic) bond motifs is 1. The number of rotatable bonds is 4. The lowest BCUT2D eigenvalue weighted by Crippen LogP contribution is -2.35. The maximum Gasteiger partial charge on any atom is 0.280 e. The minimum absolute atomic E-state index is 0.318. The Morgan fingerprint density at radius 1 is 1.03 bits per heavy atom. The number of carbonyl (C=O) groups is 1. The molecule has 144 valence electrons. The van der Waals surface area contributed by atoms with Crippen LogP contribution in [0.25, 0.3) is 22.3 Å². The average Bonchev–Trinajstić information content (AvgIpc) is 2.76. The highest BCUT2D eigenvalue weighted by atomic mass is 79.9. The Bertz CT molecular complexity index is 1270. The number of aromatic nitrogens is 2. The Labute approximate surface area is 174 Å². The zero-order valence-corrected chi connectivity index (χ0v) is 17.0. The quantitative estimate of drug-likeness (QED) is 0.506. The molecule has 0 aliphatic carbocycles. The van der Waals surface area contributed by atoms with E-state index in [1.807, 2.05) is 6.07 Å². The summed E-state index contributed by atoms with van der Waals surface area (Å²) < 4.78 is 7.33. The number of para-hydroxylation sites is 1. The van der Waals surface area contributed by atoms with Gasteiger partial charge in [-0.3, -0.25) is 15.0 Å². The van der Waals surface area contributed by atoms with Crippen molar-refractivity contribution in [3.8, 4) is 17.1 Å². The second kappa shape index (κ2) is 7.89. The highest BCUT2D eigenvalue weighted by Gasteiger charge is 2.16. The number of hydrogen-bond donors (Lipinski definition) is 1. The molecule has 0 unspecified atom stereocenters. The number of benzene rings is 3. The fourth-order valence-electron chi connectivity index (χ4n) is 2.96. The molecule has 0 radical (unpaired) electrons. The predicted octanol–water partition coefficient (Wildman–Crippen LogP) is 4.22. The van der Waals surface area contributed by atoms with Crippen LogP contribution in [0.5, 0.6) is 5.75 Å². The molecular formula is C22H16BrN3O3. The van der Waals surface area contributed by atoms with Gasteiger partial charge in [-0.2, -0.15) is 4.68 Å². The standard InChI is InChI=1S/C22H16BrN3O3/c1-29-17-6-4-5-15(13-17)20-24-19-8-3-2-7-18(19)22(28)26(20)25-21(27)14-9-11-16(23)12-10-14/h2-13H,1H3,(H,25,27). The fraction of sp³-hybridized carbons (Fsp3) is 0.0455. The summed E-state index contributed by atoms with van der Waals surface area (Å²) in [5.41, 5.74) is 3.94. The second-order valence-electron chi connectivity index (χ2n) is 6.27. The van der Waals surface area contributed by atoms with Gasteiger partial charge in [-0.1, -0.05) is 40.2 Å². The van der Waals surface area contributed by atoms with Crippen molar-refractivity contribution in [1.29, 1.82) is 0 Å². The molecule has 1 aromatic heterocycles. The van der Waals surface area contributed by atoms with E-state index in [0.29, 0.717) is 33.6 Å². The number of carbonyl (C=O) groups excluding carboxylic acids is 1. The van der Waals surface area contributed by atoms with Crippen molar-refractivity contribution in [2.24, 2.45) is 0 Å². The van der Waals surface area contributed by atoms with Crippen LogP contribution in [-0.2, 0) is 0 Å². The van der Waals surface area contributed by atoms with Gasteiger partial charge in [-0.05, 0) is 48.5 Å². The van der Waals surface area contributed by atoms with Gasteiger partial charge in [0, 0.05) is 15.6 Å². The predicted molar refractivity (Wildman–Crippen MR) is 116 cm³/mol. The van der Waals surface area contributed by atoms with Gasteiger partial charge in [0.25, 0.3) is 11.5 Å². The van der Waals surface area contributed by atoms with Crippen LogP contribution in [0.1, 0.15) is 10.4 Å². The largest absolute Gasteiger partial charge is 0.497 e. The number of halogens is 1. The zero-order chi connectivity index (χ0) is 20.4. The molecule has 1 heterocycles. The van der Waals surface area contributed by atoms with Crippen LogP contribution in [-0.4, -0.2) is 22.7 Å². The van der Waals surface area contributed by atoms with Crippen molar-refractivity contribution in [2.45, 2.75) is 0 Å². The summed E-state index contributed by atoms with van der Waals surface area (Å²) in [5, 5.41) is 0.412. The molecule has 0 saturated heterocycles. The summed E-state index contributed by atoms with van der Waals surface area (Å²) in [7, 11) is 1.56. The minimum atomic E-state index is -0.416. The zero-order valence-electron chi connectivity index (χ0n) is 15.4. The lowest BCUT2D eigenvalue weighted by molar-refractivity contribution is 0.101. The van der Waals surface area contributed by atoms with Crippen LogP contribution in [0.3, 0.4) is 0 Å². The third-order valence-electron chi connectivity index (χ3n) is 4.42. The Balaban J connectivity index is 1.88. The number of nitrogens with one attached hydrogen (secondary N) is 1. The van der Waals surface area contributed by atoms with E-state index in [1.165, 1.54) is 4.68 Å². The smallest absolute Gasteiger partial charge is 0.280 e. The highest BCUT2D eigenvalue weighted by molar-refractivity contribution is 9.10. The van der Waals surface area contributed by atoms with E-state index in [2.05, 4.69) is 26.3 Å². The first-order chi connectivity index (χ1) is 14.1. The van der Waals surface area contributed by atoms with Crippen molar-refractivity contribution >= 4 is 32.7 Å². The van der Waals surface area contributed by atoms with Gasteiger partial charge in [0.2, 0.25) is 0 Å². The monoisotopic (exact) mass is 449 g/mol. The maximum absolute atomic E-state index is 13.2. The van der Waals surface area contributed by atoms with Crippen molar-refractivity contribution < 1.29 is 9.53 Å². The van der Waals surface area contributed by atoms with Crippen LogP contribution in [0.2, 0.25) is 0 Å². The molecule has 0 aliphatic heterocycles. The first-order valence-electron chi connectivity index (χ1n) is 8.80. The third kappa shape index (κ3) is 3.77. The molecule has 0 aliphatic rings.